The van der Waals surface area contributed by atoms with E-state index in [2.05, 4.69) is 13.2 Å². The second kappa shape index (κ2) is 10.3. The van der Waals surface area contributed by atoms with E-state index >= 15 is 0 Å². The summed E-state index contributed by atoms with van der Waals surface area (Å²) in [5.41, 5.74) is -1.36. The van der Waals surface area contributed by atoms with Crippen molar-refractivity contribution < 1.29 is 28.6 Å². The largest absolute Gasteiger partial charge is 0.466 e. The molecule has 0 N–H and O–H groups in total. The number of benzene rings is 1. The van der Waals surface area contributed by atoms with E-state index in [1.807, 2.05) is 0 Å². The minimum Gasteiger partial charge on any atom is -0.466 e. The van der Waals surface area contributed by atoms with Crippen LogP contribution in [-0.2, 0) is 28.6 Å². The topological polar surface area (TPSA) is 78.9 Å². The van der Waals surface area contributed by atoms with Crippen LogP contribution in [0.25, 0.3) is 0 Å². The second-order valence-electron chi connectivity index (χ2n) is 5.77. The van der Waals surface area contributed by atoms with Crippen molar-refractivity contribution in [2.24, 2.45) is 5.41 Å². The van der Waals surface area contributed by atoms with Crippen molar-refractivity contribution in [3.05, 3.63) is 60.7 Å². The van der Waals surface area contributed by atoms with E-state index in [4.69, 9.17) is 14.2 Å². The number of carbonyl (C=O) groups excluding carboxylic acids is 3. The molecule has 0 aliphatic rings. The van der Waals surface area contributed by atoms with Crippen LogP contribution in [-0.4, -0.2) is 38.2 Å². The quantitative estimate of drug-likeness (QED) is 0.206. The smallest absolute Gasteiger partial charge is 0.333 e. The van der Waals surface area contributed by atoms with Crippen LogP contribution >= 0.6 is 0 Å². The highest BCUT2D eigenvalue weighted by molar-refractivity contribution is 6.04. The number of ether oxygens (including phenoxy) is 3. The van der Waals surface area contributed by atoms with Gasteiger partial charge in [-0.05, 0) is 25.8 Å². The summed E-state index contributed by atoms with van der Waals surface area (Å²) >= 11 is 0. The van der Waals surface area contributed by atoms with Gasteiger partial charge in [0.15, 0.2) is 5.41 Å². The number of hydrogen-bond donors (Lipinski definition) is 0. The number of hydrogen-bond acceptors (Lipinski definition) is 6. The van der Waals surface area contributed by atoms with Crippen LogP contribution in [0, 0.1) is 5.41 Å². The molecule has 0 spiro atoms. The number of rotatable bonds is 10. The van der Waals surface area contributed by atoms with Gasteiger partial charge in [-0.1, -0.05) is 43.0 Å². The SMILES string of the molecule is C=CCC(C(=O)OCC)(C(=O)OCC)C(C(=C)C(=O)OC)c1ccccc1. The Hall–Kier alpha value is -2.89. The van der Waals surface area contributed by atoms with Crippen molar-refractivity contribution in [3.8, 4) is 0 Å². The van der Waals surface area contributed by atoms with Crippen molar-refractivity contribution in [1.29, 1.82) is 0 Å². The van der Waals surface area contributed by atoms with E-state index in [1.165, 1.54) is 13.2 Å². The standard InChI is InChI=1S/C21H26O6/c1-6-14-21(19(23)26-7-2,20(24)27-8-3)17(15(4)18(22)25-5)16-12-10-9-11-13-16/h6,9-13,17H,1,4,7-8,14H2,2-3,5H3. The molecule has 6 nitrogen and oxygen atoms in total. The molecule has 0 aromatic heterocycles. The molecule has 0 heterocycles. The predicted octanol–water partition coefficient (Wildman–Crippen LogP) is 3.19. The fourth-order valence-corrected chi connectivity index (χ4v) is 3.03. The van der Waals surface area contributed by atoms with Gasteiger partial charge >= 0.3 is 17.9 Å². The lowest BCUT2D eigenvalue weighted by atomic mass is 9.66. The molecule has 1 atom stereocenters. The molecule has 0 saturated carbocycles. The Labute approximate surface area is 159 Å². The average Bonchev–Trinajstić information content (AvgIpc) is 2.67. The molecule has 0 fully saturated rings. The van der Waals surface area contributed by atoms with Gasteiger partial charge in [-0.3, -0.25) is 9.59 Å². The second-order valence-corrected chi connectivity index (χ2v) is 5.77. The first-order valence-corrected chi connectivity index (χ1v) is 8.67. The molecule has 1 aromatic carbocycles. The molecule has 1 unspecified atom stereocenters. The van der Waals surface area contributed by atoms with E-state index < -0.39 is 29.2 Å². The van der Waals surface area contributed by atoms with Gasteiger partial charge < -0.3 is 14.2 Å². The summed E-state index contributed by atoms with van der Waals surface area (Å²) in [6, 6.07) is 8.67. The Balaban J connectivity index is 3.77. The molecule has 0 bridgehead atoms. The number of carbonyl (C=O) groups is 3. The third kappa shape index (κ3) is 4.64. The van der Waals surface area contributed by atoms with Crippen molar-refractivity contribution in [2.75, 3.05) is 20.3 Å². The van der Waals surface area contributed by atoms with E-state index in [9.17, 15) is 14.4 Å². The molecule has 0 amide bonds. The zero-order valence-electron chi connectivity index (χ0n) is 16.0. The van der Waals surface area contributed by atoms with Crippen molar-refractivity contribution >= 4 is 17.9 Å². The van der Waals surface area contributed by atoms with Crippen LogP contribution in [0.4, 0.5) is 0 Å². The Morgan fingerprint density at radius 3 is 2.00 bits per heavy atom. The Morgan fingerprint density at radius 2 is 1.59 bits per heavy atom. The van der Waals surface area contributed by atoms with Gasteiger partial charge in [-0.25, -0.2) is 4.79 Å². The molecule has 0 aliphatic heterocycles. The molecular formula is C21H26O6. The molecule has 27 heavy (non-hydrogen) atoms. The molecule has 1 aromatic rings. The maximum Gasteiger partial charge on any atom is 0.333 e. The highest BCUT2D eigenvalue weighted by Crippen LogP contribution is 2.46. The van der Waals surface area contributed by atoms with Gasteiger partial charge in [0.05, 0.1) is 20.3 Å². The molecular weight excluding hydrogens is 348 g/mol. The van der Waals surface area contributed by atoms with Gasteiger partial charge in [0.2, 0.25) is 0 Å². The van der Waals surface area contributed by atoms with Crippen molar-refractivity contribution in [1.82, 2.24) is 0 Å². The summed E-state index contributed by atoms with van der Waals surface area (Å²) in [5, 5.41) is 0. The van der Waals surface area contributed by atoms with Crippen LogP contribution in [0.3, 0.4) is 0 Å². The van der Waals surface area contributed by atoms with Gasteiger partial charge in [0.1, 0.15) is 0 Å². The summed E-state index contributed by atoms with van der Waals surface area (Å²) in [4.78, 5) is 38.4. The van der Waals surface area contributed by atoms with E-state index in [-0.39, 0.29) is 25.2 Å². The van der Waals surface area contributed by atoms with Crippen LogP contribution in [0.1, 0.15) is 31.7 Å². The monoisotopic (exact) mass is 374 g/mol. The van der Waals surface area contributed by atoms with Crippen LogP contribution in [0.2, 0.25) is 0 Å². The molecule has 0 aliphatic carbocycles. The Kier molecular flexibility index (Phi) is 8.45. The fraction of sp³-hybridized carbons (Fsp3) is 0.381. The van der Waals surface area contributed by atoms with Crippen molar-refractivity contribution in [3.63, 3.8) is 0 Å². The fourth-order valence-electron chi connectivity index (χ4n) is 3.03. The lowest BCUT2D eigenvalue weighted by Gasteiger charge is -2.36. The minimum atomic E-state index is -1.85. The predicted molar refractivity (Wildman–Crippen MR) is 101 cm³/mol. The van der Waals surface area contributed by atoms with E-state index in [0.717, 1.165) is 0 Å². The van der Waals surface area contributed by atoms with Crippen LogP contribution < -0.4 is 0 Å². The summed E-state index contributed by atoms with van der Waals surface area (Å²) in [6.07, 6.45) is 1.33. The molecule has 1 rings (SSSR count). The summed E-state index contributed by atoms with van der Waals surface area (Å²) in [6.45, 7) is 10.9. The minimum absolute atomic E-state index is 0.0494. The Bertz CT molecular complexity index is 674. The van der Waals surface area contributed by atoms with Gasteiger partial charge in [-0.2, -0.15) is 0 Å². The highest BCUT2D eigenvalue weighted by atomic mass is 16.6. The Morgan fingerprint density at radius 1 is 1.07 bits per heavy atom. The number of allylic oxidation sites excluding steroid dienone is 1. The van der Waals surface area contributed by atoms with Gasteiger partial charge in [-0.15, -0.1) is 6.58 Å². The van der Waals surface area contributed by atoms with Gasteiger partial charge in [0, 0.05) is 11.5 Å². The third-order valence-corrected chi connectivity index (χ3v) is 4.17. The van der Waals surface area contributed by atoms with Crippen molar-refractivity contribution in [2.45, 2.75) is 26.2 Å². The first-order valence-electron chi connectivity index (χ1n) is 8.67. The van der Waals surface area contributed by atoms with E-state index in [0.29, 0.717) is 5.56 Å². The lowest BCUT2D eigenvalue weighted by Crippen LogP contribution is -2.48. The maximum atomic E-state index is 13.0. The van der Waals surface area contributed by atoms with Crippen LogP contribution in [0.15, 0.2) is 55.1 Å². The van der Waals surface area contributed by atoms with Crippen LogP contribution in [0.5, 0.6) is 0 Å². The number of esters is 3. The normalized spacial score (nSPS) is 11.8. The maximum absolute atomic E-state index is 13.0. The average molecular weight is 374 g/mol. The first-order chi connectivity index (χ1) is 12.9. The number of methoxy groups -OCH3 is 1. The highest BCUT2D eigenvalue weighted by Gasteiger charge is 2.56. The third-order valence-electron chi connectivity index (χ3n) is 4.17. The van der Waals surface area contributed by atoms with Gasteiger partial charge in [0.25, 0.3) is 0 Å². The molecule has 0 saturated heterocycles. The first kappa shape index (κ1) is 22.2. The van der Waals surface area contributed by atoms with E-state index in [1.54, 1.807) is 44.2 Å². The molecule has 6 heteroatoms. The molecule has 146 valence electrons. The summed E-state index contributed by atoms with van der Waals surface area (Å²) < 4.78 is 15.2. The molecule has 0 radical (unpaired) electrons. The zero-order chi connectivity index (χ0) is 20.4. The summed E-state index contributed by atoms with van der Waals surface area (Å²) in [5.74, 6) is -3.38. The lowest BCUT2D eigenvalue weighted by molar-refractivity contribution is -0.173. The zero-order valence-corrected chi connectivity index (χ0v) is 16.0. The summed E-state index contributed by atoms with van der Waals surface area (Å²) in [7, 11) is 1.21.